The summed E-state index contributed by atoms with van der Waals surface area (Å²) in [5.74, 6) is -0.0295. The van der Waals surface area contributed by atoms with Gasteiger partial charge in [-0.3, -0.25) is 9.59 Å². The van der Waals surface area contributed by atoms with E-state index in [1.807, 2.05) is 41.5 Å². The zero-order valence-corrected chi connectivity index (χ0v) is 16.7. The second kappa shape index (κ2) is 9.48. The van der Waals surface area contributed by atoms with E-state index in [1.54, 1.807) is 0 Å². The maximum atomic E-state index is 11.9. The Kier molecular flexibility index (Phi) is 8.35. The summed E-state index contributed by atoms with van der Waals surface area (Å²) in [5, 5.41) is 13.5. The van der Waals surface area contributed by atoms with Gasteiger partial charge in [0.1, 0.15) is 0 Å². The fourth-order valence-corrected chi connectivity index (χ4v) is 4.83. The van der Waals surface area contributed by atoms with Crippen LogP contribution < -0.4 is 10.6 Å². The number of amides is 2. The number of hydrogen-bond donors (Lipinski definition) is 2. The number of nitrogens with one attached hydrogen (secondary N) is 2. The highest BCUT2D eigenvalue weighted by molar-refractivity contribution is 8.04. The average molecular weight is 377 g/mol. The first-order valence-corrected chi connectivity index (χ1v) is 10.0. The summed E-state index contributed by atoms with van der Waals surface area (Å²) in [5.41, 5.74) is 0. The lowest BCUT2D eigenvalue weighted by molar-refractivity contribution is -0.121. The molecule has 23 heavy (non-hydrogen) atoms. The molecule has 2 atom stereocenters. The topological polar surface area (TPSA) is 84.0 Å². The molecule has 1 rings (SSSR count). The molecule has 0 unspecified atom stereocenters. The van der Waals surface area contributed by atoms with Gasteiger partial charge in [-0.1, -0.05) is 34.9 Å². The number of aromatic nitrogens is 2. The molecule has 2 N–H and O–H groups in total. The molecule has 0 radical (unpaired) electrons. The second-order valence-corrected chi connectivity index (χ2v) is 9.83. The summed E-state index contributed by atoms with van der Waals surface area (Å²) in [6.45, 7) is 11.4. The highest BCUT2D eigenvalue weighted by Crippen LogP contribution is 2.33. The summed E-state index contributed by atoms with van der Waals surface area (Å²) in [6, 6.07) is 0.234. The van der Waals surface area contributed by atoms with Crippen LogP contribution in [0.4, 0.5) is 0 Å². The van der Waals surface area contributed by atoms with Crippen molar-refractivity contribution < 1.29 is 9.59 Å². The van der Waals surface area contributed by atoms with Crippen molar-refractivity contribution in [1.82, 2.24) is 20.8 Å². The Bertz CT molecular complexity index is 489. The molecule has 0 bridgehead atoms. The molecule has 0 spiro atoms. The van der Waals surface area contributed by atoms with Gasteiger partial charge in [-0.05, 0) is 41.5 Å². The van der Waals surface area contributed by atoms with Crippen LogP contribution in [0, 0.1) is 0 Å². The number of rotatable bonds is 8. The standard InChI is InChI=1S/C14H24N4O2S3/c1-7(2)15-11(19)9(5)21-13-17-18-14(23-13)22-10(6)12(20)16-8(3)4/h7-10H,1-6H3,(H,15,19)(H,16,20)/t9-,10-/m0/s1. The van der Waals surface area contributed by atoms with Crippen LogP contribution in [0.15, 0.2) is 8.68 Å². The highest BCUT2D eigenvalue weighted by atomic mass is 32.2. The molecule has 1 aromatic heterocycles. The maximum Gasteiger partial charge on any atom is 0.233 e. The largest absolute Gasteiger partial charge is 0.353 e. The van der Waals surface area contributed by atoms with Gasteiger partial charge in [0.2, 0.25) is 11.8 Å². The van der Waals surface area contributed by atoms with Crippen molar-refractivity contribution >= 4 is 46.7 Å². The van der Waals surface area contributed by atoms with Crippen LogP contribution in [0.2, 0.25) is 0 Å². The molecule has 0 aliphatic carbocycles. The minimum Gasteiger partial charge on any atom is -0.353 e. The van der Waals surface area contributed by atoms with Crippen LogP contribution in [-0.4, -0.2) is 44.6 Å². The molecular formula is C14H24N4O2S3. The van der Waals surface area contributed by atoms with Crippen LogP contribution in [0.1, 0.15) is 41.5 Å². The van der Waals surface area contributed by atoms with Gasteiger partial charge in [-0.25, -0.2) is 0 Å². The minimum absolute atomic E-state index is 0.0147. The van der Waals surface area contributed by atoms with Gasteiger partial charge < -0.3 is 10.6 Å². The Balaban J connectivity index is 2.54. The van der Waals surface area contributed by atoms with Gasteiger partial charge >= 0.3 is 0 Å². The smallest absolute Gasteiger partial charge is 0.233 e. The zero-order chi connectivity index (χ0) is 17.6. The number of carbonyl (C=O) groups is 2. The highest BCUT2D eigenvalue weighted by Gasteiger charge is 2.20. The molecule has 0 saturated carbocycles. The van der Waals surface area contributed by atoms with E-state index in [0.717, 1.165) is 8.68 Å². The summed E-state index contributed by atoms with van der Waals surface area (Å²) >= 11 is 4.17. The maximum absolute atomic E-state index is 11.9. The summed E-state index contributed by atoms with van der Waals surface area (Å²) < 4.78 is 1.46. The van der Waals surface area contributed by atoms with E-state index in [2.05, 4.69) is 20.8 Å². The van der Waals surface area contributed by atoms with Crippen molar-refractivity contribution in [3.05, 3.63) is 0 Å². The van der Waals surface area contributed by atoms with Gasteiger partial charge in [-0.2, -0.15) is 0 Å². The molecule has 6 nitrogen and oxygen atoms in total. The lowest BCUT2D eigenvalue weighted by atomic mass is 10.3. The van der Waals surface area contributed by atoms with E-state index in [-0.39, 0.29) is 34.4 Å². The Morgan fingerprint density at radius 3 is 1.48 bits per heavy atom. The number of nitrogens with zero attached hydrogens (tertiary/aromatic N) is 2. The molecule has 9 heteroatoms. The fourth-order valence-electron chi connectivity index (χ4n) is 1.51. The minimum atomic E-state index is -0.232. The average Bonchev–Trinajstić information content (AvgIpc) is 2.84. The molecule has 0 aliphatic heterocycles. The van der Waals surface area contributed by atoms with Crippen molar-refractivity contribution in [3.8, 4) is 0 Å². The van der Waals surface area contributed by atoms with E-state index in [1.165, 1.54) is 34.9 Å². The SMILES string of the molecule is CC(C)NC(=O)[C@H](C)Sc1nnc(S[C@@H](C)C(=O)NC(C)C)s1. The van der Waals surface area contributed by atoms with Gasteiger partial charge in [0.25, 0.3) is 0 Å². The second-order valence-electron chi connectivity index (χ2n) is 5.68. The van der Waals surface area contributed by atoms with Crippen molar-refractivity contribution in [3.63, 3.8) is 0 Å². The number of hydrogen-bond acceptors (Lipinski definition) is 7. The summed E-state index contributed by atoms with van der Waals surface area (Å²) in [6.07, 6.45) is 0. The quantitative estimate of drug-likeness (QED) is 0.678. The molecule has 0 aliphatic rings. The molecule has 1 aromatic rings. The monoisotopic (exact) mass is 376 g/mol. The van der Waals surface area contributed by atoms with Gasteiger partial charge in [-0.15, -0.1) is 10.2 Å². The van der Waals surface area contributed by atoms with E-state index in [0.29, 0.717) is 0 Å². The van der Waals surface area contributed by atoms with E-state index >= 15 is 0 Å². The Labute approximate surface area is 150 Å². The van der Waals surface area contributed by atoms with Crippen molar-refractivity contribution in [2.75, 3.05) is 0 Å². The molecule has 0 fully saturated rings. The van der Waals surface area contributed by atoms with Gasteiger partial charge in [0.15, 0.2) is 8.68 Å². The first kappa shape index (κ1) is 20.2. The predicted molar refractivity (Wildman–Crippen MR) is 97.1 cm³/mol. The lowest BCUT2D eigenvalue weighted by Crippen LogP contribution is -2.35. The lowest BCUT2D eigenvalue weighted by Gasteiger charge is -2.12. The van der Waals surface area contributed by atoms with Gasteiger partial charge in [0, 0.05) is 12.1 Å². The molecule has 130 valence electrons. The Morgan fingerprint density at radius 1 is 0.826 bits per heavy atom. The predicted octanol–water partition coefficient (Wildman–Crippen LogP) is 2.55. The zero-order valence-electron chi connectivity index (χ0n) is 14.2. The normalized spacial score (nSPS) is 13.9. The van der Waals surface area contributed by atoms with Crippen LogP contribution >= 0.6 is 34.9 Å². The Hall–Kier alpha value is -0.800. The molecule has 2 amide bonds. The molecule has 1 heterocycles. The first-order valence-electron chi connectivity index (χ1n) is 7.46. The van der Waals surface area contributed by atoms with E-state index < -0.39 is 0 Å². The molecule has 0 aromatic carbocycles. The van der Waals surface area contributed by atoms with Crippen molar-refractivity contribution in [2.24, 2.45) is 0 Å². The molecule has 0 saturated heterocycles. The van der Waals surface area contributed by atoms with Crippen molar-refractivity contribution in [1.29, 1.82) is 0 Å². The van der Waals surface area contributed by atoms with Gasteiger partial charge in [0.05, 0.1) is 10.5 Å². The third-order valence-corrected chi connectivity index (χ3v) is 5.84. The fraction of sp³-hybridized carbons (Fsp3) is 0.714. The first-order chi connectivity index (χ1) is 10.7. The van der Waals surface area contributed by atoms with Crippen LogP contribution in [0.25, 0.3) is 0 Å². The van der Waals surface area contributed by atoms with E-state index in [9.17, 15) is 9.59 Å². The molecular weight excluding hydrogens is 352 g/mol. The third kappa shape index (κ3) is 7.54. The third-order valence-electron chi connectivity index (χ3n) is 2.54. The number of thioether (sulfide) groups is 2. The Morgan fingerprint density at radius 2 is 1.17 bits per heavy atom. The number of carbonyl (C=O) groups excluding carboxylic acids is 2. The summed E-state index contributed by atoms with van der Waals surface area (Å²) in [4.78, 5) is 23.8. The summed E-state index contributed by atoms with van der Waals surface area (Å²) in [7, 11) is 0. The van der Waals surface area contributed by atoms with Crippen molar-refractivity contribution in [2.45, 2.75) is 72.8 Å². The van der Waals surface area contributed by atoms with Crippen LogP contribution in [0.3, 0.4) is 0 Å². The van der Waals surface area contributed by atoms with E-state index in [4.69, 9.17) is 0 Å². The van der Waals surface area contributed by atoms with Crippen LogP contribution in [-0.2, 0) is 9.59 Å². The van der Waals surface area contributed by atoms with Crippen LogP contribution in [0.5, 0.6) is 0 Å².